The van der Waals surface area contributed by atoms with Gasteiger partial charge in [0.1, 0.15) is 0 Å². The van der Waals surface area contributed by atoms with Crippen molar-refractivity contribution in [2.24, 2.45) is 0 Å². The average molecular weight is 373 g/mol. The minimum atomic E-state index is 0.0983. The lowest BCUT2D eigenvalue weighted by atomic mass is 10.2. The molecule has 1 aromatic rings. The van der Waals surface area contributed by atoms with E-state index in [-0.39, 0.29) is 5.78 Å². The molecule has 0 aliphatic heterocycles. The molecule has 0 N–H and O–H groups in total. The van der Waals surface area contributed by atoms with Crippen LogP contribution in [0, 0.1) is 7.14 Å². The van der Waals surface area contributed by atoms with Gasteiger partial charge in [-0.3, -0.25) is 9.78 Å². The van der Waals surface area contributed by atoms with Crippen molar-refractivity contribution in [3.8, 4) is 0 Å². The van der Waals surface area contributed by atoms with Gasteiger partial charge >= 0.3 is 0 Å². The molecule has 0 saturated carbocycles. The first kappa shape index (κ1) is 9.37. The lowest BCUT2D eigenvalue weighted by Crippen LogP contribution is -2.00. The van der Waals surface area contributed by atoms with E-state index < -0.39 is 0 Å². The first-order chi connectivity index (χ1) is 5.13. The minimum absolute atomic E-state index is 0.0983. The summed E-state index contributed by atoms with van der Waals surface area (Å²) in [6, 6.07) is 0. The average Bonchev–Trinajstić information content (AvgIpc) is 1.85. The number of pyridine rings is 1. The Morgan fingerprint density at radius 3 is 2.09 bits per heavy atom. The molecule has 4 heteroatoms. The van der Waals surface area contributed by atoms with Gasteiger partial charge in [-0.05, 0) is 52.1 Å². The van der Waals surface area contributed by atoms with Crippen molar-refractivity contribution in [2.45, 2.75) is 6.92 Å². The molecule has 0 bridgehead atoms. The Balaban J connectivity index is 3.32. The number of hydrogen-bond acceptors (Lipinski definition) is 2. The molecule has 0 saturated heterocycles. The second-order valence-corrected chi connectivity index (χ2v) is 4.36. The Hall–Kier alpha value is 0.280. The summed E-state index contributed by atoms with van der Waals surface area (Å²) < 4.78 is 1.84. The highest BCUT2D eigenvalue weighted by Crippen LogP contribution is 2.17. The molecule has 1 rings (SSSR count). The highest BCUT2D eigenvalue weighted by atomic mass is 127. The summed E-state index contributed by atoms with van der Waals surface area (Å²) in [4.78, 5) is 15.0. The van der Waals surface area contributed by atoms with Crippen molar-refractivity contribution in [1.82, 2.24) is 4.98 Å². The van der Waals surface area contributed by atoms with E-state index in [0.717, 1.165) is 12.7 Å². The smallest absolute Gasteiger partial charge is 0.162 e. The fraction of sp³-hybridized carbons (Fsp3) is 0.143. The van der Waals surface area contributed by atoms with Gasteiger partial charge in [0.2, 0.25) is 0 Å². The van der Waals surface area contributed by atoms with Crippen LogP contribution in [-0.4, -0.2) is 10.8 Å². The first-order valence-corrected chi connectivity index (χ1v) is 5.08. The summed E-state index contributed by atoms with van der Waals surface area (Å²) >= 11 is 4.23. The molecule has 0 amide bonds. The third-order valence-corrected chi connectivity index (χ3v) is 2.84. The normalized spacial score (nSPS) is 9.73. The number of halogens is 2. The molecule has 0 aliphatic rings. The molecule has 0 aromatic carbocycles. The maximum absolute atomic E-state index is 11.0. The van der Waals surface area contributed by atoms with Crippen LogP contribution in [0.5, 0.6) is 0 Å². The van der Waals surface area contributed by atoms with Crippen LogP contribution in [0.2, 0.25) is 0 Å². The van der Waals surface area contributed by atoms with Gasteiger partial charge in [-0.1, -0.05) is 0 Å². The van der Waals surface area contributed by atoms with Crippen LogP contribution >= 0.6 is 45.2 Å². The molecule has 0 aliphatic carbocycles. The lowest BCUT2D eigenvalue weighted by molar-refractivity contribution is 0.101. The van der Waals surface area contributed by atoms with E-state index in [1.807, 2.05) is 0 Å². The lowest BCUT2D eigenvalue weighted by Gasteiger charge is -2.00. The molecule has 2 nitrogen and oxygen atoms in total. The van der Waals surface area contributed by atoms with Crippen LogP contribution < -0.4 is 0 Å². The Morgan fingerprint density at radius 2 is 1.82 bits per heavy atom. The van der Waals surface area contributed by atoms with E-state index in [9.17, 15) is 4.79 Å². The molecule has 0 atom stereocenters. The van der Waals surface area contributed by atoms with Crippen molar-refractivity contribution in [3.05, 3.63) is 25.1 Å². The number of carbonyl (C=O) groups excluding carboxylic acids is 1. The van der Waals surface area contributed by atoms with Crippen molar-refractivity contribution in [1.29, 1.82) is 0 Å². The number of ketones is 1. The Kier molecular flexibility index (Phi) is 3.23. The highest BCUT2D eigenvalue weighted by Gasteiger charge is 2.08. The summed E-state index contributed by atoms with van der Waals surface area (Å²) in [5.41, 5.74) is 0.779. The van der Waals surface area contributed by atoms with Crippen LogP contribution in [0.3, 0.4) is 0 Å². The standard InChI is InChI=1S/C7H5I2NO/c1-4(11)7-5(8)2-10-3-6(7)9/h2-3H,1H3. The van der Waals surface area contributed by atoms with Gasteiger partial charge in [0.25, 0.3) is 0 Å². The van der Waals surface area contributed by atoms with Crippen LogP contribution in [0.25, 0.3) is 0 Å². The van der Waals surface area contributed by atoms with Crippen LogP contribution in [-0.2, 0) is 0 Å². The minimum Gasteiger partial charge on any atom is -0.294 e. The van der Waals surface area contributed by atoms with Gasteiger partial charge in [-0.25, -0.2) is 0 Å². The van der Waals surface area contributed by atoms with Crippen molar-refractivity contribution < 1.29 is 4.79 Å². The van der Waals surface area contributed by atoms with E-state index >= 15 is 0 Å². The van der Waals surface area contributed by atoms with E-state index in [1.165, 1.54) is 0 Å². The zero-order valence-electron chi connectivity index (χ0n) is 5.77. The largest absolute Gasteiger partial charge is 0.294 e. The van der Waals surface area contributed by atoms with E-state index in [0.29, 0.717) is 0 Å². The van der Waals surface area contributed by atoms with E-state index in [4.69, 9.17) is 0 Å². The molecule has 0 spiro atoms. The summed E-state index contributed by atoms with van der Waals surface area (Å²) in [7, 11) is 0. The fourth-order valence-corrected chi connectivity index (χ4v) is 2.93. The predicted molar refractivity (Wildman–Crippen MR) is 59.7 cm³/mol. The SMILES string of the molecule is CC(=O)c1c(I)cncc1I. The quantitative estimate of drug-likeness (QED) is 0.560. The molecule has 0 unspecified atom stereocenters. The van der Waals surface area contributed by atoms with E-state index in [2.05, 4.69) is 50.2 Å². The summed E-state index contributed by atoms with van der Waals surface area (Å²) in [5.74, 6) is 0.0983. The maximum atomic E-state index is 11.0. The summed E-state index contributed by atoms with van der Waals surface area (Å²) in [6.45, 7) is 1.57. The van der Waals surface area contributed by atoms with E-state index in [1.54, 1.807) is 19.3 Å². The molecular formula is C7H5I2NO. The van der Waals surface area contributed by atoms with Crippen molar-refractivity contribution in [2.75, 3.05) is 0 Å². The molecule has 11 heavy (non-hydrogen) atoms. The Labute approximate surface area is 92.1 Å². The predicted octanol–water partition coefficient (Wildman–Crippen LogP) is 2.49. The van der Waals surface area contributed by atoms with Gasteiger partial charge in [-0.2, -0.15) is 0 Å². The third kappa shape index (κ3) is 2.11. The second-order valence-electron chi connectivity index (χ2n) is 2.03. The molecule has 0 fully saturated rings. The van der Waals surface area contributed by atoms with Gasteiger partial charge in [-0.15, -0.1) is 0 Å². The third-order valence-electron chi connectivity index (χ3n) is 1.21. The first-order valence-electron chi connectivity index (χ1n) is 2.93. The zero-order chi connectivity index (χ0) is 8.43. The summed E-state index contributed by atoms with van der Waals surface area (Å²) in [6.07, 6.45) is 3.39. The number of rotatable bonds is 1. The number of aromatic nitrogens is 1. The van der Waals surface area contributed by atoms with Crippen molar-refractivity contribution in [3.63, 3.8) is 0 Å². The van der Waals surface area contributed by atoms with Crippen LogP contribution in [0.4, 0.5) is 0 Å². The molecular weight excluding hydrogens is 368 g/mol. The Morgan fingerprint density at radius 1 is 1.36 bits per heavy atom. The summed E-state index contributed by atoms with van der Waals surface area (Å²) in [5, 5.41) is 0. The highest BCUT2D eigenvalue weighted by molar-refractivity contribution is 14.1. The Bertz CT molecular complexity index is 278. The second kappa shape index (κ2) is 3.79. The van der Waals surface area contributed by atoms with Gasteiger partial charge < -0.3 is 0 Å². The maximum Gasteiger partial charge on any atom is 0.162 e. The number of carbonyl (C=O) groups is 1. The van der Waals surface area contributed by atoms with Gasteiger partial charge in [0, 0.05) is 25.1 Å². The zero-order valence-corrected chi connectivity index (χ0v) is 10.1. The fourth-order valence-electron chi connectivity index (χ4n) is 0.748. The van der Waals surface area contributed by atoms with Gasteiger partial charge in [0.15, 0.2) is 5.78 Å². The van der Waals surface area contributed by atoms with Crippen LogP contribution in [0.15, 0.2) is 12.4 Å². The molecule has 1 heterocycles. The molecule has 0 radical (unpaired) electrons. The molecule has 1 aromatic heterocycles. The van der Waals surface area contributed by atoms with Gasteiger partial charge in [0.05, 0.1) is 0 Å². The topological polar surface area (TPSA) is 30.0 Å². The number of nitrogens with zero attached hydrogens (tertiary/aromatic N) is 1. The number of Topliss-reactive ketones (excluding diaryl/α,β-unsaturated/α-hetero) is 1. The van der Waals surface area contributed by atoms with Crippen molar-refractivity contribution >= 4 is 51.0 Å². The van der Waals surface area contributed by atoms with Crippen LogP contribution in [0.1, 0.15) is 17.3 Å². The molecule has 58 valence electrons. The number of hydrogen-bond donors (Lipinski definition) is 0. The monoisotopic (exact) mass is 373 g/mol.